The first-order valence-electron chi connectivity index (χ1n) is 10.7. The van der Waals surface area contributed by atoms with E-state index in [0.717, 1.165) is 69.5 Å². The van der Waals surface area contributed by atoms with Crippen LogP contribution >= 0.6 is 0 Å². The van der Waals surface area contributed by atoms with Crippen LogP contribution in [0.3, 0.4) is 0 Å². The molecule has 3 nitrogen and oxygen atoms in total. The summed E-state index contributed by atoms with van der Waals surface area (Å²) in [5.41, 5.74) is 1.91. The molecule has 0 bridgehead atoms. The Morgan fingerprint density at radius 3 is 2.29 bits per heavy atom. The molecule has 0 aromatic heterocycles. The van der Waals surface area contributed by atoms with E-state index in [2.05, 4.69) is 16.3 Å². The van der Waals surface area contributed by atoms with Gasteiger partial charge in [-0.25, -0.2) is 4.39 Å². The number of nitrogens with one attached hydrogen (secondary N) is 1. The minimum absolute atomic E-state index is 0.0123. The number of benzene rings is 2. The largest absolute Gasteiger partial charge is 0.389 e. The summed E-state index contributed by atoms with van der Waals surface area (Å²) in [6.45, 7) is 4.78. The van der Waals surface area contributed by atoms with Crippen LogP contribution < -0.4 is 5.32 Å². The fourth-order valence-corrected chi connectivity index (χ4v) is 4.95. The fourth-order valence-electron chi connectivity index (χ4n) is 4.95. The summed E-state index contributed by atoms with van der Waals surface area (Å²) in [6, 6.07) is 15.1. The predicted octanol–water partition coefficient (Wildman–Crippen LogP) is 4.18. The van der Waals surface area contributed by atoms with Gasteiger partial charge in [-0.1, -0.05) is 61.7 Å². The third kappa shape index (κ3) is 4.14. The zero-order chi connectivity index (χ0) is 19.4. The quantitative estimate of drug-likeness (QED) is 0.814. The molecule has 2 aromatic rings. The van der Waals surface area contributed by atoms with E-state index in [9.17, 15) is 9.50 Å². The van der Waals surface area contributed by atoms with Crippen LogP contribution in [0.15, 0.2) is 48.5 Å². The molecule has 2 fully saturated rings. The first kappa shape index (κ1) is 19.6. The monoisotopic (exact) mass is 382 g/mol. The highest BCUT2D eigenvalue weighted by Crippen LogP contribution is 2.43. The number of piperazine rings is 1. The van der Waals surface area contributed by atoms with Gasteiger partial charge < -0.3 is 15.3 Å². The second-order valence-electron chi connectivity index (χ2n) is 8.33. The van der Waals surface area contributed by atoms with Crippen LogP contribution in [0, 0.1) is 5.82 Å². The van der Waals surface area contributed by atoms with Crippen molar-refractivity contribution in [2.24, 2.45) is 0 Å². The number of aliphatic hydroxyl groups is 1. The minimum atomic E-state index is -0.718. The Labute approximate surface area is 167 Å². The van der Waals surface area contributed by atoms with Gasteiger partial charge in [0.1, 0.15) is 5.82 Å². The Bertz CT molecular complexity index is 782. The Morgan fingerprint density at radius 1 is 0.929 bits per heavy atom. The minimum Gasteiger partial charge on any atom is -0.389 e. The molecule has 1 unspecified atom stereocenters. The lowest BCUT2D eigenvalue weighted by Crippen LogP contribution is -2.49. The molecule has 0 spiro atoms. The maximum atomic E-state index is 14.6. The highest BCUT2D eigenvalue weighted by Gasteiger charge is 2.40. The summed E-state index contributed by atoms with van der Waals surface area (Å²) in [6.07, 6.45) is 4.98. The Kier molecular flexibility index (Phi) is 6.10. The maximum absolute atomic E-state index is 14.6. The smallest absolute Gasteiger partial charge is 0.131 e. The van der Waals surface area contributed by atoms with Crippen LogP contribution in [0.5, 0.6) is 0 Å². The van der Waals surface area contributed by atoms with Gasteiger partial charge in [0.2, 0.25) is 0 Å². The van der Waals surface area contributed by atoms with E-state index >= 15 is 0 Å². The molecule has 1 aliphatic carbocycles. The number of nitrogens with zero attached hydrogens (tertiary/aromatic N) is 1. The molecule has 4 rings (SSSR count). The molecular formula is C24H31FN2O. The predicted molar refractivity (Wildman–Crippen MR) is 112 cm³/mol. The van der Waals surface area contributed by atoms with Crippen LogP contribution in [0.4, 0.5) is 4.39 Å². The van der Waals surface area contributed by atoms with Crippen molar-refractivity contribution in [3.05, 3.63) is 59.9 Å². The molecule has 4 heteroatoms. The van der Waals surface area contributed by atoms with E-state index in [1.165, 1.54) is 12.5 Å². The average molecular weight is 383 g/mol. The van der Waals surface area contributed by atoms with E-state index in [-0.39, 0.29) is 11.7 Å². The Balaban J connectivity index is 1.75. The first-order valence-corrected chi connectivity index (χ1v) is 10.7. The van der Waals surface area contributed by atoms with Gasteiger partial charge in [0.15, 0.2) is 0 Å². The molecule has 1 atom stereocenters. The fraction of sp³-hybridized carbons (Fsp3) is 0.500. The molecule has 0 radical (unpaired) electrons. The lowest BCUT2D eigenvalue weighted by Gasteiger charge is -2.43. The van der Waals surface area contributed by atoms with Gasteiger partial charge in [-0.3, -0.25) is 0 Å². The SMILES string of the molecule is OC1(C(CN2CCNCC2)c2ccccc2-c2ccccc2F)CCCCC1. The summed E-state index contributed by atoms with van der Waals surface area (Å²) in [4.78, 5) is 2.45. The van der Waals surface area contributed by atoms with E-state index in [1.807, 2.05) is 30.3 Å². The summed E-state index contributed by atoms with van der Waals surface area (Å²) in [7, 11) is 0. The molecule has 2 N–H and O–H groups in total. The van der Waals surface area contributed by atoms with Crippen LogP contribution in [0.2, 0.25) is 0 Å². The van der Waals surface area contributed by atoms with E-state index < -0.39 is 5.60 Å². The average Bonchev–Trinajstić information content (AvgIpc) is 2.74. The molecule has 1 aliphatic heterocycles. The van der Waals surface area contributed by atoms with Gasteiger partial charge >= 0.3 is 0 Å². The van der Waals surface area contributed by atoms with Crippen LogP contribution in [-0.2, 0) is 0 Å². The van der Waals surface area contributed by atoms with Crippen molar-refractivity contribution in [1.82, 2.24) is 10.2 Å². The van der Waals surface area contributed by atoms with E-state index in [1.54, 1.807) is 6.07 Å². The number of halogens is 1. The summed E-state index contributed by atoms with van der Waals surface area (Å²) < 4.78 is 14.6. The number of hydrogen-bond donors (Lipinski definition) is 2. The molecule has 2 aromatic carbocycles. The zero-order valence-electron chi connectivity index (χ0n) is 16.5. The highest BCUT2D eigenvalue weighted by atomic mass is 19.1. The zero-order valence-corrected chi connectivity index (χ0v) is 16.5. The summed E-state index contributed by atoms with van der Waals surface area (Å²) in [5.74, 6) is -0.215. The molecule has 1 saturated heterocycles. The second kappa shape index (κ2) is 8.73. The topological polar surface area (TPSA) is 35.5 Å². The van der Waals surface area contributed by atoms with Crippen LogP contribution in [0.1, 0.15) is 43.6 Å². The van der Waals surface area contributed by atoms with Gasteiger partial charge in [0, 0.05) is 44.2 Å². The molecule has 1 heterocycles. The third-order valence-electron chi connectivity index (χ3n) is 6.52. The molecule has 28 heavy (non-hydrogen) atoms. The van der Waals surface area contributed by atoms with Gasteiger partial charge in [0.05, 0.1) is 5.60 Å². The van der Waals surface area contributed by atoms with Crippen molar-refractivity contribution >= 4 is 0 Å². The maximum Gasteiger partial charge on any atom is 0.131 e. The van der Waals surface area contributed by atoms with E-state index in [4.69, 9.17) is 0 Å². The third-order valence-corrected chi connectivity index (χ3v) is 6.52. The van der Waals surface area contributed by atoms with Crippen molar-refractivity contribution in [3.8, 4) is 11.1 Å². The van der Waals surface area contributed by atoms with Gasteiger partial charge in [0.25, 0.3) is 0 Å². The Hall–Kier alpha value is -1.75. The van der Waals surface area contributed by atoms with Crippen molar-refractivity contribution in [3.63, 3.8) is 0 Å². The van der Waals surface area contributed by atoms with Gasteiger partial charge in [-0.2, -0.15) is 0 Å². The number of rotatable bonds is 5. The van der Waals surface area contributed by atoms with E-state index in [0.29, 0.717) is 5.56 Å². The standard InChI is InChI=1S/C24H31FN2O/c25-23-11-5-4-10-21(23)19-8-2-3-9-20(19)22(18-27-16-14-26-15-17-27)24(28)12-6-1-7-13-24/h2-5,8-11,22,26,28H,1,6-7,12-18H2. The molecule has 2 aliphatic rings. The first-order chi connectivity index (χ1) is 13.7. The molecule has 1 saturated carbocycles. The molecule has 150 valence electrons. The second-order valence-corrected chi connectivity index (χ2v) is 8.33. The Morgan fingerprint density at radius 2 is 1.57 bits per heavy atom. The number of hydrogen-bond acceptors (Lipinski definition) is 3. The summed E-state index contributed by atoms with van der Waals surface area (Å²) in [5, 5.41) is 15.1. The van der Waals surface area contributed by atoms with Gasteiger partial charge in [-0.15, -0.1) is 0 Å². The van der Waals surface area contributed by atoms with Crippen molar-refractivity contribution in [1.29, 1.82) is 0 Å². The van der Waals surface area contributed by atoms with Crippen molar-refractivity contribution in [2.75, 3.05) is 32.7 Å². The highest BCUT2D eigenvalue weighted by molar-refractivity contribution is 5.69. The summed E-state index contributed by atoms with van der Waals surface area (Å²) >= 11 is 0. The molecular weight excluding hydrogens is 351 g/mol. The molecule has 0 amide bonds. The normalized spacial score (nSPS) is 21.4. The van der Waals surface area contributed by atoms with Crippen LogP contribution in [0.25, 0.3) is 11.1 Å². The van der Waals surface area contributed by atoms with Gasteiger partial charge in [-0.05, 0) is 30.0 Å². The van der Waals surface area contributed by atoms with Crippen molar-refractivity contribution < 1.29 is 9.50 Å². The van der Waals surface area contributed by atoms with Crippen molar-refractivity contribution in [2.45, 2.75) is 43.6 Å². The lowest BCUT2D eigenvalue weighted by molar-refractivity contribution is -0.0315. The lowest BCUT2D eigenvalue weighted by atomic mass is 9.71. The van der Waals surface area contributed by atoms with Crippen LogP contribution in [-0.4, -0.2) is 48.3 Å².